The minimum Gasteiger partial charge on any atom is -0.301 e. The number of thioether (sulfide) groups is 1. The molecule has 1 N–H and O–H groups in total. The molecule has 2 heterocycles. The highest BCUT2D eigenvalue weighted by Crippen LogP contribution is 2.29. The zero-order chi connectivity index (χ0) is 20.2. The summed E-state index contributed by atoms with van der Waals surface area (Å²) in [4.78, 5) is 21.4. The summed E-state index contributed by atoms with van der Waals surface area (Å²) in [6.07, 6.45) is 0. The monoisotopic (exact) mass is 457 g/mol. The molecule has 0 unspecified atom stereocenters. The lowest BCUT2D eigenvalue weighted by Crippen LogP contribution is -2.13. The second kappa shape index (κ2) is 9.09. The Morgan fingerprint density at radius 1 is 0.966 bits per heavy atom. The summed E-state index contributed by atoms with van der Waals surface area (Å²) in [6, 6.07) is 15.7. The summed E-state index contributed by atoms with van der Waals surface area (Å²) >= 11 is 10.3. The van der Waals surface area contributed by atoms with Gasteiger partial charge in [-0.3, -0.25) is 4.79 Å². The van der Waals surface area contributed by atoms with E-state index in [1.807, 2.05) is 35.0 Å². The normalized spacial score (nSPS) is 10.8. The lowest BCUT2D eigenvalue weighted by atomic mass is 10.1. The Morgan fingerprint density at radius 3 is 2.31 bits per heavy atom. The lowest BCUT2D eigenvalue weighted by Gasteiger charge is -2.00. The molecule has 8 heteroatoms. The summed E-state index contributed by atoms with van der Waals surface area (Å²) in [7, 11) is 0. The third-order valence-electron chi connectivity index (χ3n) is 4.05. The fourth-order valence-electron chi connectivity index (χ4n) is 2.55. The molecule has 0 fully saturated rings. The van der Waals surface area contributed by atoms with Crippen molar-refractivity contribution in [2.75, 3.05) is 11.1 Å². The van der Waals surface area contributed by atoms with Crippen LogP contribution in [0, 0.1) is 6.92 Å². The number of rotatable bonds is 6. The van der Waals surface area contributed by atoms with Gasteiger partial charge in [0, 0.05) is 26.9 Å². The highest BCUT2D eigenvalue weighted by Gasteiger charge is 2.11. The Labute approximate surface area is 186 Å². The van der Waals surface area contributed by atoms with Crippen molar-refractivity contribution in [3.8, 4) is 22.5 Å². The van der Waals surface area contributed by atoms with Crippen LogP contribution in [0.1, 0.15) is 5.56 Å². The van der Waals surface area contributed by atoms with E-state index in [0.29, 0.717) is 10.2 Å². The van der Waals surface area contributed by atoms with E-state index in [0.717, 1.165) is 26.9 Å². The number of carbonyl (C=O) groups is 1. The third-order valence-corrected chi connectivity index (χ3v) is 7.08. The molecule has 1 amide bonds. The highest BCUT2D eigenvalue weighted by molar-refractivity contribution is 8.01. The molecule has 4 aromatic rings. The van der Waals surface area contributed by atoms with Gasteiger partial charge in [0.15, 0.2) is 9.47 Å². The summed E-state index contributed by atoms with van der Waals surface area (Å²) in [5.41, 5.74) is 5.02. The zero-order valence-corrected chi connectivity index (χ0v) is 18.6. The number of thiazole rings is 2. The second-order valence-corrected chi connectivity index (χ2v) is 9.62. The smallest absolute Gasteiger partial charge is 0.236 e. The number of hydrogen-bond donors (Lipinski definition) is 1. The van der Waals surface area contributed by atoms with E-state index in [2.05, 4.69) is 46.5 Å². The number of benzene rings is 2. The molecule has 0 aliphatic rings. The molecule has 0 aliphatic carbocycles. The Morgan fingerprint density at radius 2 is 1.59 bits per heavy atom. The second-order valence-electron chi connectivity index (χ2n) is 6.25. The molecule has 0 saturated carbocycles. The van der Waals surface area contributed by atoms with Crippen molar-refractivity contribution < 1.29 is 4.79 Å². The SMILES string of the molecule is Cc1ccc(-c2csc(SCC(=O)Nc3nc(-c4ccc(Cl)cc4)cs3)n2)cc1. The maximum atomic E-state index is 12.3. The molecule has 0 saturated heterocycles. The molecule has 4 rings (SSSR count). The molecule has 2 aromatic carbocycles. The van der Waals surface area contributed by atoms with Crippen LogP contribution in [-0.2, 0) is 4.79 Å². The van der Waals surface area contributed by atoms with Crippen molar-refractivity contribution in [1.29, 1.82) is 0 Å². The van der Waals surface area contributed by atoms with Crippen LogP contribution in [0.5, 0.6) is 0 Å². The van der Waals surface area contributed by atoms with Gasteiger partial charge in [0.05, 0.1) is 17.1 Å². The Hall–Kier alpha value is -2.19. The molecule has 0 bridgehead atoms. The van der Waals surface area contributed by atoms with Crippen molar-refractivity contribution in [3.05, 3.63) is 69.9 Å². The average Bonchev–Trinajstić information content (AvgIpc) is 3.37. The van der Waals surface area contributed by atoms with Gasteiger partial charge < -0.3 is 5.32 Å². The van der Waals surface area contributed by atoms with E-state index in [9.17, 15) is 4.79 Å². The maximum Gasteiger partial charge on any atom is 0.236 e. The first-order valence-corrected chi connectivity index (χ1v) is 11.9. The van der Waals surface area contributed by atoms with Crippen LogP contribution in [0.4, 0.5) is 5.13 Å². The van der Waals surface area contributed by atoms with Crippen molar-refractivity contribution >= 4 is 57.1 Å². The molecule has 146 valence electrons. The van der Waals surface area contributed by atoms with Gasteiger partial charge in [-0.1, -0.05) is 65.3 Å². The number of carbonyl (C=O) groups excluding carboxylic acids is 1. The zero-order valence-electron chi connectivity index (χ0n) is 15.4. The Bertz CT molecular complexity index is 1120. The molecule has 4 nitrogen and oxygen atoms in total. The number of nitrogens with zero attached hydrogens (tertiary/aromatic N) is 2. The lowest BCUT2D eigenvalue weighted by molar-refractivity contribution is -0.113. The highest BCUT2D eigenvalue weighted by atomic mass is 35.5. The summed E-state index contributed by atoms with van der Waals surface area (Å²) in [5.74, 6) is 0.190. The summed E-state index contributed by atoms with van der Waals surface area (Å²) in [6.45, 7) is 2.06. The van der Waals surface area contributed by atoms with Gasteiger partial charge in [0.1, 0.15) is 0 Å². The quantitative estimate of drug-likeness (QED) is 0.330. The standard InChI is InChI=1S/C21H16ClN3OS3/c1-13-2-4-14(5-3-13)18-11-28-21(24-18)29-12-19(26)25-20-23-17(10-27-20)15-6-8-16(22)9-7-15/h2-11H,12H2,1H3,(H,23,25,26). The van der Waals surface area contributed by atoms with Gasteiger partial charge in [0.25, 0.3) is 0 Å². The van der Waals surface area contributed by atoms with Crippen molar-refractivity contribution in [2.24, 2.45) is 0 Å². The van der Waals surface area contributed by atoms with Gasteiger partial charge in [-0.25, -0.2) is 9.97 Å². The molecule has 0 spiro atoms. The Kier molecular flexibility index (Phi) is 6.30. The predicted molar refractivity (Wildman–Crippen MR) is 124 cm³/mol. The molecule has 0 aliphatic heterocycles. The van der Waals surface area contributed by atoms with Crippen molar-refractivity contribution in [3.63, 3.8) is 0 Å². The van der Waals surface area contributed by atoms with E-state index >= 15 is 0 Å². The van der Waals surface area contributed by atoms with Crippen molar-refractivity contribution in [1.82, 2.24) is 9.97 Å². The van der Waals surface area contributed by atoms with Gasteiger partial charge in [-0.05, 0) is 19.1 Å². The average molecular weight is 458 g/mol. The number of nitrogens with one attached hydrogen (secondary N) is 1. The Balaban J connectivity index is 1.33. The number of amides is 1. The summed E-state index contributed by atoms with van der Waals surface area (Å²) in [5, 5.41) is 8.06. The topological polar surface area (TPSA) is 54.9 Å². The molecule has 29 heavy (non-hydrogen) atoms. The molecule has 0 radical (unpaired) electrons. The van der Waals surface area contributed by atoms with Gasteiger partial charge >= 0.3 is 0 Å². The molecule has 0 atom stereocenters. The van der Waals surface area contributed by atoms with Gasteiger partial charge in [-0.2, -0.15) is 0 Å². The number of aromatic nitrogens is 2. The number of halogens is 1. The molecular weight excluding hydrogens is 442 g/mol. The maximum absolute atomic E-state index is 12.3. The van der Waals surface area contributed by atoms with Gasteiger partial charge in [-0.15, -0.1) is 22.7 Å². The van der Waals surface area contributed by atoms with E-state index in [-0.39, 0.29) is 11.7 Å². The first kappa shape index (κ1) is 20.1. The van der Waals surface area contributed by atoms with Crippen LogP contribution in [0.25, 0.3) is 22.5 Å². The van der Waals surface area contributed by atoms with Crippen LogP contribution in [0.3, 0.4) is 0 Å². The molecular formula is C21H16ClN3OS3. The number of anilines is 1. The van der Waals surface area contributed by atoms with Crippen molar-refractivity contribution in [2.45, 2.75) is 11.3 Å². The first-order valence-electron chi connectivity index (χ1n) is 8.73. The van der Waals surface area contributed by atoms with Crippen LogP contribution in [0.15, 0.2) is 63.6 Å². The first-order chi connectivity index (χ1) is 14.1. The largest absolute Gasteiger partial charge is 0.301 e. The van der Waals surface area contributed by atoms with E-state index < -0.39 is 0 Å². The van der Waals surface area contributed by atoms with E-state index in [1.54, 1.807) is 11.3 Å². The van der Waals surface area contributed by atoms with E-state index in [1.165, 1.54) is 28.7 Å². The predicted octanol–water partition coefficient (Wildman–Crippen LogP) is 6.63. The molecule has 2 aromatic heterocycles. The third kappa shape index (κ3) is 5.25. The fourth-order valence-corrected chi connectivity index (χ4v) is 5.04. The van der Waals surface area contributed by atoms with Gasteiger partial charge in [0.2, 0.25) is 5.91 Å². The minimum absolute atomic E-state index is 0.0981. The van der Waals surface area contributed by atoms with Crippen LogP contribution in [0.2, 0.25) is 5.02 Å². The van der Waals surface area contributed by atoms with Crippen LogP contribution < -0.4 is 5.32 Å². The van der Waals surface area contributed by atoms with Crippen LogP contribution in [-0.4, -0.2) is 21.6 Å². The minimum atomic E-state index is -0.0981. The number of hydrogen-bond acceptors (Lipinski definition) is 6. The summed E-state index contributed by atoms with van der Waals surface area (Å²) < 4.78 is 0.872. The number of aryl methyl sites for hydroxylation is 1. The fraction of sp³-hybridized carbons (Fsp3) is 0.0952. The van der Waals surface area contributed by atoms with E-state index in [4.69, 9.17) is 11.6 Å². The van der Waals surface area contributed by atoms with Crippen LogP contribution >= 0.6 is 46.0 Å².